The highest BCUT2D eigenvalue weighted by atomic mass is 19.1. The van der Waals surface area contributed by atoms with Gasteiger partial charge in [-0.25, -0.2) is 4.39 Å². The van der Waals surface area contributed by atoms with Crippen molar-refractivity contribution in [1.29, 1.82) is 0 Å². The predicted molar refractivity (Wildman–Crippen MR) is 81.5 cm³/mol. The van der Waals surface area contributed by atoms with Gasteiger partial charge in [-0.05, 0) is 47.9 Å². The van der Waals surface area contributed by atoms with Gasteiger partial charge in [-0.15, -0.1) is 0 Å². The predicted octanol–water partition coefficient (Wildman–Crippen LogP) is 3.55. The van der Waals surface area contributed by atoms with Crippen molar-refractivity contribution in [2.75, 3.05) is 6.54 Å². The van der Waals surface area contributed by atoms with Crippen molar-refractivity contribution < 1.29 is 9.13 Å². The number of nitrogens with one attached hydrogen (secondary N) is 1. The normalized spacial score (nSPS) is 10.9. The lowest BCUT2D eigenvalue weighted by Gasteiger charge is -2.10. The van der Waals surface area contributed by atoms with Crippen molar-refractivity contribution in [1.82, 2.24) is 10.3 Å². The van der Waals surface area contributed by atoms with Crippen LogP contribution in [0.25, 0.3) is 0 Å². The van der Waals surface area contributed by atoms with E-state index in [0.29, 0.717) is 24.8 Å². The molecule has 21 heavy (non-hydrogen) atoms. The first-order chi connectivity index (χ1) is 10.1. The van der Waals surface area contributed by atoms with E-state index >= 15 is 0 Å². The van der Waals surface area contributed by atoms with Gasteiger partial charge in [0.15, 0.2) is 0 Å². The molecule has 0 fully saturated rings. The molecule has 0 spiro atoms. The molecule has 1 N–H and O–H groups in total. The molecule has 2 aromatic rings. The molecule has 0 amide bonds. The summed E-state index contributed by atoms with van der Waals surface area (Å²) in [6.07, 6.45) is 3.43. The Labute approximate surface area is 125 Å². The molecule has 0 unspecified atom stereocenters. The summed E-state index contributed by atoms with van der Waals surface area (Å²) in [4.78, 5) is 3.95. The topological polar surface area (TPSA) is 34.1 Å². The van der Waals surface area contributed by atoms with Gasteiger partial charge in [0.05, 0.1) is 0 Å². The fourth-order valence-electron chi connectivity index (χ4n) is 1.96. The Morgan fingerprint density at radius 3 is 2.62 bits per heavy atom. The Balaban J connectivity index is 1.94. The van der Waals surface area contributed by atoms with Crippen LogP contribution < -0.4 is 10.1 Å². The molecule has 0 bridgehead atoms. The van der Waals surface area contributed by atoms with Gasteiger partial charge in [0, 0.05) is 25.0 Å². The Bertz CT molecular complexity index is 558. The van der Waals surface area contributed by atoms with Gasteiger partial charge in [0.1, 0.15) is 18.2 Å². The van der Waals surface area contributed by atoms with Gasteiger partial charge >= 0.3 is 0 Å². The van der Waals surface area contributed by atoms with Crippen molar-refractivity contribution in [2.24, 2.45) is 5.92 Å². The third-order valence-electron chi connectivity index (χ3n) is 2.97. The highest BCUT2D eigenvalue weighted by molar-refractivity contribution is 5.30. The van der Waals surface area contributed by atoms with Gasteiger partial charge in [-0.2, -0.15) is 0 Å². The molecule has 0 aliphatic heterocycles. The lowest BCUT2D eigenvalue weighted by Crippen LogP contribution is -2.19. The Hall–Kier alpha value is -1.94. The molecule has 0 aliphatic rings. The monoisotopic (exact) mass is 288 g/mol. The minimum Gasteiger partial charge on any atom is -0.489 e. The van der Waals surface area contributed by atoms with Gasteiger partial charge in [-0.3, -0.25) is 4.98 Å². The van der Waals surface area contributed by atoms with Gasteiger partial charge in [-0.1, -0.05) is 13.8 Å². The number of hydrogen-bond donors (Lipinski definition) is 1. The van der Waals surface area contributed by atoms with E-state index in [1.807, 2.05) is 18.2 Å². The average molecular weight is 288 g/mol. The fraction of sp³-hybridized carbons (Fsp3) is 0.353. The maximum atomic E-state index is 13.6. The number of nitrogens with zero attached hydrogens (tertiary/aromatic N) is 1. The van der Waals surface area contributed by atoms with Crippen molar-refractivity contribution in [3.63, 3.8) is 0 Å². The number of ether oxygens (including phenoxy) is 1. The standard InChI is InChI=1S/C17H21FN2O/c1-13(2)10-20-11-15-7-16(18)9-17(8-15)21-12-14-3-5-19-6-4-14/h3-9,13,20H,10-12H2,1-2H3. The molecule has 1 heterocycles. The molecule has 3 nitrogen and oxygen atoms in total. The second kappa shape index (κ2) is 7.74. The molecule has 112 valence electrons. The fourth-order valence-corrected chi connectivity index (χ4v) is 1.96. The van der Waals surface area contributed by atoms with Crippen LogP contribution in [0, 0.1) is 11.7 Å². The third-order valence-corrected chi connectivity index (χ3v) is 2.97. The summed E-state index contributed by atoms with van der Waals surface area (Å²) in [5.41, 5.74) is 1.90. The van der Waals surface area contributed by atoms with Crippen LogP contribution in [0.15, 0.2) is 42.7 Å². The number of halogens is 1. The number of pyridine rings is 1. The van der Waals surface area contributed by atoms with E-state index in [1.54, 1.807) is 12.4 Å². The molecule has 4 heteroatoms. The zero-order valence-corrected chi connectivity index (χ0v) is 12.5. The first-order valence-corrected chi connectivity index (χ1v) is 7.15. The van der Waals surface area contributed by atoms with Crippen LogP contribution in [-0.4, -0.2) is 11.5 Å². The van der Waals surface area contributed by atoms with E-state index in [2.05, 4.69) is 24.1 Å². The SMILES string of the molecule is CC(C)CNCc1cc(F)cc(OCc2ccncc2)c1. The number of aromatic nitrogens is 1. The molecule has 0 aliphatic carbocycles. The smallest absolute Gasteiger partial charge is 0.127 e. The number of rotatable bonds is 7. The van der Waals surface area contributed by atoms with Crippen LogP contribution in [-0.2, 0) is 13.2 Å². The summed E-state index contributed by atoms with van der Waals surface area (Å²) in [5.74, 6) is 0.845. The van der Waals surface area contributed by atoms with E-state index in [1.165, 1.54) is 12.1 Å². The van der Waals surface area contributed by atoms with Crippen LogP contribution in [0.5, 0.6) is 5.75 Å². The summed E-state index contributed by atoms with van der Waals surface area (Å²) in [7, 11) is 0. The van der Waals surface area contributed by atoms with Crippen molar-refractivity contribution in [3.05, 3.63) is 59.7 Å². The summed E-state index contributed by atoms with van der Waals surface area (Å²) >= 11 is 0. The molecule has 0 saturated carbocycles. The zero-order valence-electron chi connectivity index (χ0n) is 12.5. The number of benzene rings is 1. The zero-order chi connectivity index (χ0) is 15.1. The van der Waals surface area contributed by atoms with E-state index in [0.717, 1.165) is 17.7 Å². The van der Waals surface area contributed by atoms with Crippen LogP contribution in [0.2, 0.25) is 0 Å². The van der Waals surface area contributed by atoms with E-state index in [9.17, 15) is 4.39 Å². The van der Waals surface area contributed by atoms with Gasteiger partial charge in [0.2, 0.25) is 0 Å². The van der Waals surface area contributed by atoms with Crippen LogP contribution in [0.4, 0.5) is 4.39 Å². The lowest BCUT2D eigenvalue weighted by molar-refractivity contribution is 0.304. The summed E-state index contributed by atoms with van der Waals surface area (Å²) in [6, 6.07) is 8.58. The van der Waals surface area contributed by atoms with E-state index < -0.39 is 0 Å². The summed E-state index contributed by atoms with van der Waals surface area (Å²) in [6.45, 7) is 6.24. The van der Waals surface area contributed by atoms with E-state index in [4.69, 9.17) is 4.74 Å². The van der Waals surface area contributed by atoms with E-state index in [-0.39, 0.29) is 5.82 Å². The maximum Gasteiger partial charge on any atom is 0.127 e. The molecule has 2 rings (SSSR count). The molecular weight excluding hydrogens is 267 g/mol. The van der Waals surface area contributed by atoms with Gasteiger partial charge in [0.25, 0.3) is 0 Å². The Kier molecular flexibility index (Phi) is 5.69. The minimum atomic E-state index is -0.274. The second-order valence-corrected chi connectivity index (χ2v) is 5.46. The molecule has 1 aromatic heterocycles. The molecule has 1 aromatic carbocycles. The highest BCUT2D eigenvalue weighted by Gasteiger charge is 2.03. The first-order valence-electron chi connectivity index (χ1n) is 7.15. The summed E-state index contributed by atoms with van der Waals surface area (Å²) < 4.78 is 19.3. The van der Waals surface area contributed by atoms with Gasteiger partial charge < -0.3 is 10.1 Å². The first kappa shape index (κ1) is 15.4. The van der Waals surface area contributed by atoms with Crippen molar-refractivity contribution in [2.45, 2.75) is 27.0 Å². The second-order valence-electron chi connectivity index (χ2n) is 5.46. The highest BCUT2D eigenvalue weighted by Crippen LogP contribution is 2.18. The van der Waals surface area contributed by atoms with Crippen LogP contribution in [0.3, 0.4) is 0 Å². The Morgan fingerprint density at radius 1 is 1.14 bits per heavy atom. The Morgan fingerprint density at radius 2 is 1.90 bits per heavy atom. The van der Waals surface area contributed by atoms with Crippen molar-refractivity contribution in [3.8, 4) is 5.75 Å². The average Bonchev–Trinajstić information content (AvgIpc) is 2.45. The van der Waals surface area contributed by atoms with Crippen LogP contribution in [0.1, 0.15) is 25.0 Å². The molecule has 0 atom stereocenters. The summed E-state index contributed by atoms with van der Waals surface area (Å²) in [5, 5.41) is 3.30. The van der Waals surface area contributed by atoms with Crippen LogP contribution >= 0.6 is 0 Å². The maximum absolute atomic E-state index is 13.6. The van der Waals surface area contributed by atoms with Crippen molar-refractivity contribution >= 4 is 0 Å². The minimum absolute atomic E-state index is 0.274. The molecule has 0 saturated heterocycles. The third kappa shape index (κ3) is 5.52. The lowest BCUT2D eigenvalue weighted by atomic mass is 10.2. The quantitative estimate of drug-likeness (QED) is 0.846. The molecule has 0 radical (unpaired) electrons. The molecular formula is C17H21FN2O. The largest absolute Gasteiger partial charge is 0.489 e. The number of hydrogen-bond acceptors (Lipinski definition) is 3.